The Morgan fingerprint density at radius 2 is 1.54 bits per heavy atom. The number of rotatable bonds is 8. The molecule has 7 heteroatoms. The van der Waals surface area contributed by atoms with Gasteiger partial charge in [-0.1, -0.05) is 48.5 Å². The smallest absolute Gasteiger partial charge is 0.325 e. The van der Waals surface area contributed by atoms with Crippen LogP contribution in [0, 0.1) is 0 Å². The van der Waals surface area contributed by atoms with Crippen LogP contribution in [0.1, 0.15) is 19.4 Å². The summed E-state index contributed by atoms with van der Waals surface area (Å²) in [5.41, 5.74) is 1.68. The molecule has 2 aromatic rings. The fourth-order valence-electron chi connectivity index (χ4n) is 2.57. The lowest BCUT2D eigenvalue weighted by Gasteiger charge is -2.26. The van der Waals surface area contributed by atoms with E-state index < -0.39 is 12.0 Å². The summed E-state index contributed by atoms with van der Waals surface area (Å²) >= 11 is 0. The van der Waals surface area contributed by atoms with Crippen molar-refractivity contribution in [2.45, 2.75) is 26.4 Å². The molecule has 0 unspecified atom stereocenters. The Balaban J connectivity index is 1.73. The minimum atomic E-state index is -0.681. The summed E-state index contributed by atoms with van der Waals surface area (Å²) in [6, 6.07) is 18.0. The number of urea groups is 1. The van der Waals surface area contributed by atoms with Crippen molar-refractivity contribution in [1.82, 2.24) is 10.6 Å². The van der Waals surface area contributed by atoms with Gasteiger partial charge in [-0.2, -0.15) is 0 Å². The zero-order chi connectivity index (χ0) is 20.4. The van der Waals surface area contributed by atoms with E-state index in [1.165, 1.54) is 0 Å². The van der Waals surface area contributed by atoms with E-state index in [0.29, 0.717) is 6.54 Å². The molecule has 0 aromatic heterocycles. The zero-order valence-electron chi connectivity index (χ0n) is 16.1. The SMILES string of the molecule is CC(C)N(C(=O)COC(=O)CNC(=O)NCc1ccccc1)c1ccccc1. The second-order valence-corrected chi connectivity index (χ2v) is 6.38. The Hall–Kier alpha value is -3.35. The van der Waals surface area contributed by atoms with Crippen LogP contribution >= 0.6 is 0 Å². The van der Waals surface area contributed by atoms with E-state index in [0.717, 1.165) is 11.3 Å². The summed E-state index contributed by atoms with van der Waals surface area (Å²) in [5.74, 6) is -1.01. The number of nitrogens with zero attached hydrogens (tertiary/aromatic N) is 1. The average molecular weight is 383 g/mol. The minimum absolute atomic E-state index is 0.0875. The molecule has 0 fully saturated rings. The quantitative estimate of drug-likeness (QED) is 0.686. The van der Waals surface area contributed by atoms with Crippen molar-refractivity contribution in [3.8, 4) is 0 Å². The number of hydrogen-bond acceptors (Lipinski definition) is 4. The molecule has 0 aliphatic carbocycles. The summed E-state index contributed by atoms with van der Waals surface area (Å²) in [5, 5.41) is 5.05. The van der Waals surface area contributed by atoms with E-state index in [1.54, 1.807) is 4.90 Å². The lowest BCUT2D eigenvalue weighted by molar-refractivity contribution is -0.146. The van der Waals surface area contributed by atoms with Gasteiger partial charge in [0, 0.05) is 18.3 Å². The Morgan fingerprint density at radius 3 is 2.14 bits per heavy atom. The van der Waals surface area contributed by atoms with Crippen LogP contribution in [-0.4, -0.2) is 37.1 Å². The highest BCUT2D eigenvalue weighted by Crippen LogP contribution is 2.16. The van der Waals surface area contributed by atoms with Gasteiger partial charge in [0.2, 0.25) is 0 Å². The van der Waals surface area contributed by atoms with Crippen molar-refractivity contribution in [3.63, 3.8) is 0 Å². The largest absolute Gasteiger partial charge is 0.454 e. The van der Waals surface area contributed by atoms with Crippen LogP contribution in [0.2, 0.25) is 0 Å². The summed E-state index contributed by atoms with van der Waals surface area (Å²) < 4.78 is 5.00. The standard InChI is InChI=1S/C21H25N3O4/c1-16(2)24(18-11-7-4-8-12-18)19(25)15-28-20(26)14-23-21(27)22-13-17-9-5-3-6-10-17/h3-12,16H,13-15H2,1-2H3,(H2,22,23,27). The van der Waals surface area contributed by atoms with Crippen molar-refractivity contribution in [1.29, 1.82) is 0 Å². The topological polar surface area (TPSA) is 87.7 Å². The van der Waals surface area contributed by atoms with Gasteiger partial charge in [0.15, 0.2) is 6.61 Å². The van der Waals surface area contributed by atoms with Crippen LogP contribution in [0.15, 0.2) is 60.7 Å². The molecular formula is C21H25N3O4. The van der Waals surface area contributed by atoms with Gasteiger partial charge >= 0.3 is 12.0 Å². The normalized spacial score (nSPS) is 10.2. The molecule has 2 rings (SSSR count). The lowest BCUT2D eigenvalue weighted by atomic mass is 10.2. The van der Waals surface area contributed by atoms with Crippen molar-refractivity contribution in [2.75, 3.05) is 18.1 Å². The summed E-state index contributed by atoms with van der Waals surface area (Å²) in [6.45, 7) is 3.40. The van der Waals surface area contributed by atoms with Crippen LogP contribution in [0.4, 0.5) is 10.5 Å². The molecule has 28 heavy (non-hydrogen) atoms. The third-order valence-electron chi connectivity index (χ3n) is 3.87. The number of ether oxygens (including phenoxy) is 1. The van der Waals surface area contributed by atoms with Crippen molar-refractivity contribution in [2.24, 2.45) is 0 Å². The van der Waals surface area contributed by atoms with E-state index in [2.05, 4.69) is 10.6 Å². The average Bonchev–Trinajstić information content (AvgIpc) is 2.70. The van der Waals surface area contributed by atoms with E-state index in [4.69, 9.17) is 4.74 Å². The highest BCUT2D eigenvalue weighted by atomic mass is 16.5. The Morgan fingerprint density at radius 1 is 0.929 bits per heavy atom. The predicted octanol–water partition coefficient (Wildman–Crippen LogP) is 2.47. The maximum atomic E-state index is 12.4. The first-order valence-corrected chi connectivity index (χ1v) is 9.05. The summed E-state index contributed by atoms with van der Waals surface area (Å²) in [7, 11) is 0. The van der Waals surface area contributed by atoms with Gasteiger partial charge in [-0.05, 0) is 31.5 Å². The number of esters is 1. The second-order valence-electron chi connectivity index (χ2n) is 6.38. The molecule has 2 N–H and O–H groups in total. The molecule has 0 atom stereocenters. The number of nitrogens with one attached hydrogen (secondary N) is 2. The highest BCUT2D eigenvalue weighted by molar-refractivity contribution is 5.95. The Bertz CT molecular complexity index is 779. The number of amides is 3. The molecule has 0 heterocycles. The monoisotopic (exact) mass is 383 g/mol. The number of carbonyl (C=O) groups excluding carboxylic acids is 3. The molecule has 0 spiro atoms. The molecule has 0 bridgehead atoms. The Kier molecular flexibility index (Phi) is 8.02. The number of hydrogen-bond donors (Lipinski definition) is 2. The number of benzene rings is 2. The van der Waals surface area contributed by atoms with Gasteiger partial charge in [-0.3, -0.25) is 9.59 Å². The predicted molar refractivity (Wildman–Crippen MR) is 107 cm³/mol. The zero-order valence-corrected chi connectivity index (χ0v) is 16.1. The fraction of sp³-hybridized carbons (Fsp3) is 0.286. The minimum Gasteiger partial charge on any atom is -0.454 e. The Labute approximate surface area is 164 Å². The van der Waals surface area contributed by atoms with Gasteiger partial charge in [0.1, 0.15) is 6.54 Å². The molecular weight excluding hydrogens is 358 g/mol. The van der Waals surface area contributed by atoms with Crippen LogP contribution in [-0.2, 0) is 20.9 Å². The van der Waals surface area contributed by atoms with Crippen molar-refractivity contribution in [3.05, 3.63) is 66.2 Å². The molecule has 2 aromatic carbocycles. The van der Waals surface area contributed by atoms with Crippen molar-refractivity contribution < 1.29 is 19.1 Å². The maximum absolute atomic E-state index is 12.4. The fourth-order valence-corrected chi connectivity index (χ4v) is 2.57. The maximum Gasteiger partial charge on any atom is 0.325 e. The van der Waals surface area contributed by atoms with Crippen LogP contribution < -0.4 is 15.5 Å². The van der Waals surface area contributed by atoms with Gasteiger partial charge in [-0.25, -0.2) is 4.79 Å². The molecule has 0 aliphatic rings. The summed E-state index contributed by atoms with van der Waals surface area (Å²) in [6.07, 6.45) is 0. The van der Waals surface area contributed by atoms with Gasteiger partial charge in [-0.15, -0.1) is 0 Å². The van der Waals surface area contributed by atoms with E-state index in [1.807, 2.05) is 74.5 Å². The highest BCUT2D eigenvalue weighted by Gasteiger charge is 2.20. The molecule has 0 aliphatic heterocycles. The molecule has 0 saturated heterocycles. The van der Waals surface area contributed by atoms with Gasteiger partial charge in [0.05, 0.1) is 0 Å². The van der Waals surface area contributed by atoms with Crippen molar-refractivity contribution >= 4 is 23.6 Å². The first kappa shape index (κ1) is 21.0. The third kappa shape index (κ3) is 6.75. The molecule has 0 saturated carbocycles. The molecule has 7 nitrogen and oxygen atoms in total. The third-order valence-corrected chi connectivity index (χ3v) is 3.87. The van der Waals surface area contributed by atoms with E-state index >= 15 is 0 Å². The lowest BCUT2D eigenvalue weighted by Crippen LogP contribution is -2.42. The molecule has 3 amide bonds. The first-order chi connectivity index (χ1) is 13.5. The first-order valence-electron chi connectivity index (χ1n) is 9.05. The molecule has 0 radical (unpaired) electrons. The second kappa shape index (κ2) is 10.7. The van der Waals surface area contributed by atoms with E-state index in [9.17, 15) is 14.4 Å². The van der Waals surface area contributed by atoms with Crippen LogP contribution in [0.5, 0.6) is 0 Å². The van der Waals surface area contributed by atoms with Crippen LogP contribution in [0.25, 0.3) is 0 Å². The number of para-hydroxylation sites is 1. The van der Waals surface area contributed by atoms with Gasteiger partial charge in [0.25, 0.3) is 5.91 Å². The number of anilines is 1. The molecule has 148 valence electrons. The summed E-state index contributed by atoms with van der Waals surface area (Å²) in [4.78, 5) is 37.6. The van der Waals surface area contributed by atoms with Gasteiger partial charge < -0.3 is 20.3 Å². The number of carbonyl (C=O) groups is 3. The van der Waals surface area contributed by atoms with E-state index in [-0.39, 0.29) is 25.1 Å². The van der Waals surface area contributed by atoms with Crippen LogP contribution in [0.3, 0.4) is 0 Å².